The summed E-state index contributed by atoms with van der Waals surface area (Å²) >= 11 is 5.92. The number of nitrogens with one attached hydrogen (secondary N) is 1. The van der Waals surface area contributed by atoms with Gasteiger partial charge in [-0.25, -0.2) is 4.68 Å². The highest BCUT2D eigenvalue weighted by molar-refractivity contribution is 6.30. The van der Waals surface area contributed by atoms with Crippen LogP contribution in [0.4, 0.5) is 5.95 Å². The Morgan fingerprint density at radius 2 is 1.76 bits per heavy atom. The van der Waals surface area contributed by atoms with Crippen molar-refractivity contribution >= 4 is 17.5 Å². The highest BCUT2D eigenvalue weighted by Crippen LogP contribution is 2.15. The van der Waals surface area contributed by atoms with Gasteiger partial charge >= 0.3 is 0 Å². The lowest BCUT2D eigenvalue weighted by atomic mass is 10.3. The summed E-state index contributed by atoms with van der Waals surface area (Å²) in [6.45, 7) is 0.596. The fraction of sp³-hybridized carbons (Fsp3) is 0.0556. The molecule has 6 nitrogen and oxygen atoms in total. The van der Waals surface area contributed by atoms with Crippen molar-refractivity contribution in [2.45, 2.75) is 6.54 Å². The molecule has 0 fully saturated rings. The molecule has 2 aromatic heterocycles. The van der Waals surface area contributed by atoms with Gasteiger partial charge in [-0.05, 0) is 36.4 Å². The van der Waals surface area contributed by atoms with Crippen molar-refractivity contribution in [1.82, 2.24) is 24.5 Å². The van der Waals surface area contributed by atoms with E-state index in [2.05, 4.69) is 20.6 Å². The maximum atomic E-state index is 5.92. The molecule has 0 saturated heterocycles. The molecule has 0 bridgehead atoms. The van der Waals surface area contributed by atoms with Gasteiger partial charge in [0.05, 0.1) is 17.6 Å². The summed E-state index contributed by atoms with van der Waals surface area (Å²) in [5, 5.41) is 16.5. The number of aromatic nitrogens is 5. The Morgan fingerprint density at radius 1 is 0.960 bits per heavy atom. The average molecular weight is 351 g/mol. The fourth-order valence-electron chi connectivity index (χ4n) is 2.50. The summed E-state index contributed by atoms with van der Waals surface area (Å²) in [7, 11) is 0. The van der Waals surface area contributed by atoms with E-state index in [1.165, 1.54) is 0 Å². The minimum absolute atomic E-state index is 0.596. The smallest absolute Gasteiger partial charge is 0.229 e. The van der Waals surface area contributed by atoms with Crippen LogP contribution in [0.1, 0.15) is 5.56 Å². The second-order valence-electron chi connectivity index (χ2n) is 5.48. The zero-order chi connectivity index (χ0) is 17.1. The molecule has 0 aliphatic heterocycles. The van der Waals surface area contributed by atoms with Gasteiger partial charge in [-0.15, -0.1) is 10.2 Å². The van der Waals surface area contributed by atoms with Crippen molar-refractivity contribution in [1.29, 1.82) is 0 Å². The van der Waals surface area contributed by atoms with Gasteiger partial charge < -0.3 is 5.32 Å². The molecule has 0 radical (unpaired) electrons. The molecule has 2 heterocycles. The number of halogens is 1. The van der Waals surface area contributed by atoms with Crippen LogP contribution in [-0.2, 0) is 6.54 Å². The monoisotopic (exact) mass is 350 g/mol. The number of para-hydroxylation sites is 1. The van der Waals surface area contributed by atoms with E-state index in [-0.39, 0.29) is 0 Å². The normalized spacial score (nSPS) is 10.8. The molecular weight excluding hydrogens is 336 g/mol. The minimum atomic E-state index is 0.596. The van der Waals surface area contributed by atoms with Gasteiger partial charge in [0, 0.05) is 23.3 Å². The Bertz CT molecular complexity index is 959. The quantitative estimate of drug-likeness (QED) is 0.596. The van der Waals surface area contributed by atoms with Crippen LogP contribution >= 0.6 is 11.6 Å². The third-order valence-corrected chi connectivity index (χ3v) is 4.01. The number of benzene rings is 2. The van der Waals surface area contributed by atoms with Crippen LogP contribution in [0.3, 0.4) is 0 Å². The minimum Gasteiger partial charge on any atom is -0.350 e. The molecule has 4 aromatic rings. The number of rotatable bonds is 5. The molecule has 0 atom stereocenters. The Labute approximate surface area is 149 Å². The van der Waals surface area contributed by atoms with Crippen LogP contribution in [0, 0.1) is 0 Å². The molecule has 25 heavy (non-hydrogen) atoms. The van der Waals surface area contributed by atoms with Gasteiger partial charge in [0.1, 0.15) is 6.33 Å². The maximum Gasteiger partial charge on any atom is 0.229 e. The summed E-state index contributed by atoms with van der Waals surface area (Å²) in [5.41, 5.74) is 3.01. The van der Waals surface area contributed by atoms with Crippen LogP contribution in [0.5, 0.6) is 0 Å². The Hall–Kier alpha value is -3.12. The summed E-state index contributed by atoms with van der Waals surface area (Å²) < 4.78 is 3.72. The first-order valence-corrected chi connectivity index (χ1v) is 8.16. The lowest BCUT2D eigenvalue weighted by molar-refractivity contribution is 0.880. The molecule has 2 aromatic carbocycles. The molecule has 0 unspecified atom stereocenters. The summed E-state index contributed by atoms with van der Waals surface area (Å²) in [4.78, 5) is 0. The van der Waals surface area contributed by atoms with Crippen molar-refractivity contribution in [3.8, 4) is 11.4 Å². The fourth-order valence-corrected chi connectivity index (χ4v) is 2.63. The van der Waals surface area contributed by atoms with E-state index in [0.29, 0.717) is 17.5 Å². The molecule has 0 aliphatic carbocycles. The van der Waals surface area contributed by atoms with Crippen molar-refractivity contribution < 1.29 is 0 Å². The van der Waals surface area contributed by atoms with E-state index in [0.717, 1.165) is 16.9 Å². The van der Waals surface area contributed by atoms with Crippen molar-refractivity contribution in [3.63, 3.8) is 0 Å². The van der Waals surface area contributed by atoms with Crippen LogP contribution in [0.15, 0.2) is 73.3 Å². The first kappa shape index (κ1) is 15.4. The maximum absolute atomic E-state index is 5.92. The molecule has 124 valence electrons. The molecule has 1 N–H and O–H groups in total. The molecule has 0 aliphatic rings. The molecular formula is C18H15ClN6. The third-order valence-electron chi connectivity index (χ3n) is 3.76. The second kappa shape index (κ2) is 6.78. The predicted octanol–water partition coefficient (Wildman–Crippen LogP) is 3.72. The topological polar surface area (TPSA) is 60.6 Å². The van der Waals surface area contributed by atoms with Crippen LogP contribution in [-0.4, -0.2) is 24.5 Å². The molecule has 0 amide bonds. The van der Waals surface area contributed by atoms with E-state index in [1.807, 2.05) is 76.2 Å². The number of anilines is 1. The second-order valence-corrected chi connectivity index (χ2v) is 5.92. The molecule has 0 saturated carbocycles. The van der Waals surface area contributed by atoms with Gasteiger partial charge in [0.2, 0.25) is 5.95 Å². The van der Waals surface area contributed by atoms with E-state index in [4.69, 9.17) is 11.6 Å². The van der Waals surface area contributed by atoms with Gasteiger partial charge in [0.25, 0.3) is 0 Å². The van der Waals surface area contributed by atoms with Crippen molar-refractivity contribution in [3.05, 3.63) is 83.9 Å². The number of hydrogen-bond acceptors (Lipinski definition) is 4. The lowest BCUT2D eigenvalue weighted by Crippen LogP contribution is -2.05. The zero-order valence-corrected chi connectivity index (χ0v) is 14.0. The van der Waals surface area contributed by atoms with Crippen LogP contribution in [0.25, 0.3) is 11.4 Å². The highest BCUT2D eigenvalue weighted by atomic mass is 35.5. The molecule has 4 rings (SSSR count). The summed E-state index contributed by atoms with van der Waals surface area (Å²) in [6, 6.07) is 17.5. The highest BCUT2D eigenvalue weighted by Gasteiger charge is 2.07. The van der Waals surface area contributed by atoms with Gasteiger partial charge in [-0.1, -0.05) is 29.8 Å². The number of hydrogen-bond donors (Lipinski definition) is 1. The van der Waals surface area contributed by atoms with Gasteiger partial charge in [0.15, 0.2) is 0 Å². The summed E-state index contributed by atoms with van der Waals surface area (Å²) in [5.74, 6) is 0.686. The van der Waals surface area contributed by atoms with E-state index >= 15 is 0 Å². The SMILES string of the molecule is Clc1ccc(-n2cc(CNc3nncn3-c3ccccc3)cn2)cc1. The van der Waals surface area contributed by atoms with Gasteiger partial charge in [-0.2, -0.15) is 5.10 Å². The van der Waals surface area contributed by atoms with Gasteiger partial charge in [-0.3, -0.25) is 4.57 Å². The standard InChI is InChI=1S/C18H15ClN6/c19-15-6-8-17(9-7-15)25-12-14(11-22-25)10-20-18-23-21-13-24(18)16-4-2-1-3-5-16/h1-9,11-13H,10H2,(H,20,23). The first-order chi connectivity index (χ1) is 12.3. The molecule has 7 heteroatoms. The Morgan fingerprint density at radius 3 is 2.56 bits per heavy atom. The molecule has 0 spiro atoms. The average Bonchev–Trinajstić information content (AvgIpc) is 3.31. The lowest BCUT2D eigenvalue weighted by Gasteiger charge is -2.07. The van der Waals surface area contributed by atoms with E-state index in [1.54, 1.807) is 6.33 Å². The first-order valence-electron chi connectivity index (χ1n) is 7.78. The van der Waals surface area contributed by atoms with Crippen LogP contribution < -0.4 is 5.32 Å². The summed E-state index contributed by atoms with van der Waals surface area (Å²) in [6.07, 6.45) is 5.49. The number of nitrogens with zero attached hydrogens (tertiary/aromatic N) is 5. The van der Waals surface area contributed by atoms with Crippen LogP contribution in [0.2, 0.25) is 5.02 Å². The van der Waals surface area contributed by atoms with E-state index in [9.17, 15) is 0 Å². The van der Waals surface area contributed by atoms with Crippen molar-refractivity contribution in [2.24, 2.45) is 0 Å². The van der Waals surface area contributed by atoms with Crippen molar-refractivity contribution in [2.75, 3.05) is 5.32 Å². The van der Waals surface area contributed by atoms with E-state index < -0.39 is 0 Å². The Kier molecular flexibility index (Phi) is 4.18. The zero-order valence-electron chi connectivity index (χ0n) is 13.2. The largest absolute Gasteiger partial charge is 0.350 e. The Balaban J connectivity index is 1.48. The third kappa shape index (κ3) is 3.39. The predicted molar refractivity (Wildman–Crippen MR) is 97.3 cm³/mol.